The minimum absolute atomic E-state index is 0.0782. The molecule has 0 aliphatic carbocycles. The quantitative estimate of drug-likeness (QED) is 0.674. The summed E-state index contributed by atoms with van der Waals surface area (Å²) in [5, 5.41) is 3.85. The average molecular weight is 297 g/mol. The van der Waals surface area contributed by atoms with Crippen LogP contribution >= 0.6 is 0 Å². The fourth-order valence-corrected chi connectivity index (χ4v) is 2.11. The molecule has 0 bridgehead atoms. The summed E-state index contributed by atoms with van der Waals surface area (Å²) in [5.74, 6) is 0.799. The number of carbonyl (C=O) groups is 1. The van der Waals surface area contributed by atoms with Crippen LogP contribution in [0.4, 0.5) is 0 Å². The van der Waals surface area contributed by atoms with Gasteiger partial charge in [-0.2, -0.15) is 0 Å². The van der Waals surface area contributed by atoms with Gasteiger partial charge in [-0.25, -0.2) is 0 Å². The summed E-state index contributed by atoms with van der Waals surface area (Å²) in [6.45, 7) is 2.06. The average Bonchev–Trinajstić information content (AvgIpc) is 3.16. The second-order valence-electron chi connectivity index (χ2n) is 4.99. The van der Waals surface area contributed by atoms with Gasteiger partial charge in [0, 0.05) is 6.07 Å². The first-order valence-corrected chi connectivity index (χ1v) is 6.91. The molecule has 0 unspecified atom stereocenters. The molecule has 2 aromatic heterocycles. The third kappa shape index (κ3) is 3.44. The Bertz CT molecular complexity index is 759. The van der Waals surface area contributed by atoms with E-state index in [9.17, 15) is 4.79 Å². The molecule has 0 aliphatic rings. The van der Waals surface area contributed by atoms with E-state index in [1.165, 1.54) is 0 Å². The SMILES string of the molecule is Cc1cccc(CC(=O)OCc2cc(-c3ccco3)on2)c1. The van der Waals surface area contributed by atoms with Crippen LogP contribution in [0.25, 0.3) is 11.5 Å². The van der Waals surface area contributed by atoms with Crippen LogP contribution < -0.4 is 0 Å². The van der Waals surface area contributed by atoms with E-state index in [1.54, 1.807) is 24.5 Å². The maximum absolute atomic E-state index is 11.8. The van der Waals surface area contributed by atoms with Gasteiger partial charge in [0.1, 0.15) is 12.3 Å². The number of ether oxygens (including phenoxy) is 1. The standard InChI is InChI=1S/C17H15NO4/c1-12-4-2-5-13(8-12)9-17(19)21-11-14-10-16(22-18-14)15-6-3-7-20-15/h2-8,10H,9,11H2,1H3. The Hall–Kier alpha value is -2.82. The van der Waals surface area contributed by atoms with Crippen LogP contribution in [-0.2, 0) is 22.6 Å². The highest BCUT2D eigenvalue weighted by molar-refractivity contribution is 5.72. The molecule has 0 amide bonds. The summed E-state index contributed by atoms with van der Waals surface area (Å²) in [7, 11) is 0. The molecule has 1 aromatic carbocycles. The molecule has 0 spiro atoms. The molecule has 0 radical (unpaired) electrons. The predicted molar refractivity (Wildman–Crippen MR) is 78.9 cm³/mol. The number of aryl methyl sites for hydroxylation is 1. The number of benzene rings is 1. The fourth-order valence-electron chi connectivity index (χ4n) is 2.11. The zero-order valence-corrected chi connectivity index (χ0v) is 12.1. The van der Waals surface area contributed by atoms with Crippen molar-refractivity contribution >= 4 is 5.97 Å². The Morgan fingerprint density at radius 3 is 2.86 bits per heavy atom. The molecule has 0 saturated carbocycles. The monoisotopic (exact) mass is 297 g/mol. The van der Waals surface area contributed by atoms with Gasteiger partial charge < -0.3 is 13.7 Å². The first-order valence-electron chi connectivity index (χ1n) is 6.91. The van der Waals surface area contributed by atoms with Gasteiger partial charge in [-0.1, -0.05) is 35.0 Å². The first kappa shape index (κ1) is 14.1. The highest BCUT2D eigenvalue weighted by Gasteiger charge is 2.11. The van der Waals surface area contributed by atoms with Crippen molar-refractivity contribution in [1.82, 2.24) is 5.16 Å². The van der Waals surface area contributed by atoms with Gasteiger partial charge in [0.25, 0.3) is 0 Å². The van der Waals surface area contributed by atoms with Gasteiger partial charge >= 0.3 is 5.97 Å². The van der Waals surface area contributed by atoms with Crippen molar-refractivity contribution < 1.29 is 18.5 Å². The summed E-state index contributed by atoms with van der Waals surface area (Å²) in [6.07, 6.45) is 1.80. The maximum atomic E-state index is 11.8. The van der Waals surface area contributed by atoms with Crippen LogP contribution in [0.3, 0.4) is 0 Å². The van der Waals surface area contributed by atoms with Crippen LogP contribution in [0.1, 0.15) is 16.8 Å². The lowest BCUT2D eigenvalue weighted by molar-refractivity contribution is -0.144. The first-order chi connectivity index (χ1) is 10.7. The number of rotatable bonds is 5. The topological polar surface area (TPSA) is 65.5 Å². The Morgan fingerprint density at radius 1 is 1.18 bits per heavy atom. The van der Waals surface area contributed by atoms with Crippen LogP contribution in [0.15, 0.2) is 57.7 Å². The minimum Gasteiger partial charge on any atom is -0.461 e. The number of nitrogens with zero attached hydrogens (tertiary/aromatic N) is 1. The number of esters is 1. The van der Waals surface area contributed by atoms with Crippen molar-refractivity contribution in [2.45, 2.75) is 20.0 Å². The van der Waals surface area contributed by atoms with E-state index >= 15 is 0 Å². The molecule has 0 saturated heterocycles. The molecule has 5 nitrogen and oxygen atoms in total. The Kier molecular flexibility index (Phi) is 4.05. The van der Waals surface area contributed by atoms with Crippen LogP contribution in [-0.4, -0.2) is 11.1 Å². The van der Waals surface area contributed by atoms with Crippen molar-refractivity contribution in [1.29, 1.82) is 0 Å². The second kappa shape index (κ2) is 6.30. The molecular formula is C17H15NO4. The summed E-state index contributed by atoms with van der Waals surface area (Å²) >= 11 is 0. The molecule has 0 atom stereocenters. The third-order valence-corrected chi connectivity index (χ3v) is 3.13. The molecule has 22 heavy (non-hydrogen) atoms. The van der Waals surface area contributed by atoms with Gasteiger partial charge in [0.15, 0.2) is 5.76 Å². The van der Waals surface area contributed by atoms with Crippen molar-refractivity contribution in [3.05, 3.63) is 65.5 Å². The van der Waals surface area contributed by atoms with E-state index in [0.717, 1.165) is 11.1 Å². The third-order valence-electron chi connectivity index (χ3n) is 3.13. The summed E-state index contributed by atoms with van der Waals surface area (Å²) in [4.78, 5) is 11.8. The normalized spacial score (nSPS) is 10.6. The zero-order valence-electron chi connectivity index (χ0n) is 12.1. The van der Waals surface area contributed by atoms with E-state index in [1.807, 2.05) is 31.2 Å². The van der Waals surface area contributed by atoms with Crippen molar-refractivity contribution in [3.63, 3.8) is 0 Å². The fraction of sp³-hybridized carbons (Fsp3) is 0.176. The molecule has 2 heterocycles. The van der Waals surface area contributed by atoms with Crippen LogP contribution in [0.5, 0.6) is 0 Å². The van der Waals surface area contributed by atoms with Crippen LogP contribution in [0, 0.1) is 6.92 Å². The zero-order chi connectivity index (χ0) is 15.4. The Labute approximate surface area is 127 Å². The Balaban J connectivity index is 1.55. The van der Waals surface area contributed by atoms with Gasteiger partial charge in [-0.15, -0.1) is 0 Å². The molecule has 0 N–H and O–H groups in total. The van der Waals surface area contributed by atoms with Gasteiger partial charge in [0.2, 0.25) is 5.76 Å². The van der Waals surface area contributed by atoms with Gasteiger partial charge in [-0.05, 0) is 24.6 Å². The highest BCUT2D eigenvalue weighted by atomic mass is 16.5. The van der Waals surface area contributed by atoms with Gasteiger partial charge in [0.05, 0.1) is 12.7 Å². The summed E-state index contributed by atoms with van der Waals surface area (Å²) in [6, 6.07) is 13.0. The molecule has 112 valence electrons. The van der Waals surface area contributed by atoms with Crippen molar-refractivity contribution in [2.24, 2.45) is 0 Å². The lowest BCUT2D eigenvalue weighted by atomic mass is 10.1. The number of furan rings is 1. The number of aromatic nitrogens is 1. The van der Waals surface area contributed by atoms with Crippen molar-refractivity contribution in [3.8, 4) is 11.5 Å². The van der Waals surface area contributed by atoms with E-state index in [2.05, 4.69) is 5.16 Å². The maximum Gasteiger partial charge on any atom is 0.310 e. The molecule has 3 aromatic rings. The van der Waals surface area contributed by atoms with E-state index in [0.29, 0.717) is 17.2 Å². The largest absolute Gasteiger partial charge is 0.461 e. The molecule has 0 aliphatic heterocycles. The molecule has 5 heteroatoms. The Morgan fingerprint density at radius 2 is 2.09 bits per heavy atom. The number of hydrogen-bond donors (Lipinski definition) is 0. The van der Waals surface area contributed by atoms with Gasteiger partial charge in [-0.3, -0.25) is 4.79 Å². The minimum atomic E-state index is -0.298. The number of carbonyl (C=O) groups excluding carboxylic acids is 1. The van der Waals surface area contributed by atoms with Crippen molar-refractivity contribution in [2.75, 3.05) is 0 Å². The van der Waals surface area contributed by atoms with E-state index in [-0.39, 0.29) is 19.0 Å². The van der Waals surface area contributed by atoms with E-state index in [4.69, 9.17) is 13.7 Å². The smallest absolute Gasteiger partial charge is 0.310 e. The summed E-state index contributed by atoms with van der Waals surface area (Å²) in [5.41, 5.74) is 2.59. The lowest BCUT2D eigenvalue weighted by Crippen LogP contribution is -2.08. The van der Waals surface area contributed by atoms with E-state index < -0.39 is 0 Å². The summed E-state index contributed by atoms with van der Waals surface area (Å²) < 4.78 is 15.6. The number of hydrogen-bond acceptors (Lipinski definition) is 5. The molecule has 3 rings (SSSR count). The predicted octanol–water partition coefficient (Wildman–Crippen LogP) is 3.53. The molecular weight excluding hydrogens is 282 g/mol. The van der Waals surface area contributed by atoms with Crippen LogP contribution in [0.2, 0.25) is 0 Å². The molecule has 0 fully saturated rings. The highest BCUT2D eigenvalue weighted by Crippen LogP contribution is 2.20. The second-order valence-corrected chi connectivity index (χ2v) is 4.99. The lowest BCUT2D eigenvalue weighted by Gasteiger charge is -2.03.